The van der Waals surface area contributed by atoms with Crippen LogP contribution in [-0.2, 0) is 6.54 Å². The van der Waals surface area contributed by atoms with E-state index >= 15 is 0 Å². The second kappa shape index (κ2) is 6.38. The fraction of sp³-hybridized carbons (Fsp3) is 0.500. The number of aromatic nitrogens is 1. The van der Waals surface area contributed by atoms with Crippen LogP contribution in [0.5, 0.6) is 0 Å². The van der Waals surface area contributed by atoms with Crippen LogP contribution in [0.2, 0.25) is 0 Å². The minimum atomic E-state index is 0.213. The summed E-state index contributed by atoms with van der Waals surface area (Å²) in [5.41, 5.74) is 1.04. The fourth-order valence-corrected chi connectivity index (χ4v) is 1.36. The van der Waals surface area contributed by atoms with E-state index in [1.54, 1.807) is 6.20 Å². The standard InChI is InChI=1S/C10H14BrClN2/c1-2-9(12)6-13-7-10-4-3-8(11)5-14-10/h3-5,9,13H,2,6-7H2,1H3. The maximum atomic E-state index is 5.97. The second-order valence-electron chi connectivity index (χ2n) is 3.10. The van der Waals surface area contributed by atoms with Gasteiger partial charge in [-0.25, -0.2) is 0 Å². The van der Waals surface area contributed by atoms with Crippen molar-refractivity contribution < 1.29 is 0 Å². The van der Waals surface area contributed by atoms with Crippen molar-refractivity contribution in [2.75, 3.05) is 6.54 Å². The van der Waals surface area contributed by atoms with Gasteiger partial charge in [0.15, 0.2) is 0 Å². The molecule has 1 rings (SSSR count). The summed E-state index contributed by atoms with van der Waals surface area (Å²) in [6, 6.07) is 3.98. The van der Waals surface area contributed by atoms with Crippen molar-refractivity contribution in [3.63, 3.8) is 0 Å². The third-order valence-corrected chi connectivity index (χ3v) is 2.84. The molecule has 78 valence electrons. The normalized spacial score (nSPS) is 12.8. The Morgan fingerprint density at radius 1 is 1.57 bits per heavy atom. The van der Waals surface area contributed by atoms with E-state index in [9.17, 15) is 0 Å². The minimum Gasteiger partial charge on any atom is -0.310 e. The van der Waals surface area contributed by atoms with Crippen LogP contribution in [0.4, 0.5) is 0 Å². The molecule has 0 aliphatic heterocycles. The van der Waals surface area contributed by atoms with E-state index < -0.39 is 0 Å². The Labute approximate surface area is 98.2 Å². The zero-order valence-electron chi connectivity index (χ0n) is 8.13. The Hall–Kier alpha value is -0.120. The van der Waals surface area contributed by atoms with E-state index in [0.717, 1.165) is 29.7 Å². The molecule has 0 aliphatic carbocycles. The van der Waals surface area contributed by atoms with Gasteiger partial charge in [0, 0.05) is 29.1 Å². The van der Waals surface area contributed by atoms with Crippen LogP contribution in [0, 0.1) is 0 Å². The van der Waals surface area contributed by atoms with Crippen molar-refractivity contribution in [1.29, 1.82) is 0 Å². The number of hydrogen-bond acceptors (Lipinski definition) is 2. The lowest BCUT2D eigenvalue weighted by Crippen LogP contribution is -2.22. The Balaban J connectivity index is 2.28. The maximum absolute atomic E-state index is 5.97. The van der Waals surface area contributed by atoms with Crippen molar-refractivity contribution in [2.45, 2.75) is 25.3 Å². The molecule has 0 radical (unpaired) electrons. The van der Waals surface area contributed by atoms with Gasteiger partial charge in [-0.3, -0.25) is 4.98 Å². The van der Waals surface area contributed by atoms with Gasteiger partial charge in [0.05, 0.1) is 5.69 Å². The van der Waals surface area contributed by atoms with Gasteiger partial charge in [0.25, 0.3) is 0 Å². The van der Waals surface area contributed by atoms with Crippen molar-refractivity contribution in [3.05, 3.63) is 28.5 Å². The van der Waals surface area contributed by atoms with Gasteiger partial charge in [-0.2, -0.15) is 0 Å². The molecule has 1 unspecified atom stereocenters. The van der Waals surface area contributed by atoms with Gasteiger partial charge in [-0.15, -0.1) is 11.6 Å². The fourth-order valence-electron chi connectivity index (χ4n) is 1.01. The number of rotatable bonds is 5. The van der Waals surface area contributed by atoms with E-state index in [4.69, 9.17) is 11.6 Å². The summed E-state index contributed by atoms with van der Waals surface area (Å²) in [4.78, 5) is 4.25. The summed E-state index contributed by atoms with van der Waals surface area (Å²) >= 11 is 9.31. The number of hydrogen-bond donors (Lipinski definition) is 1. The lowest BCUT2D eigenvalue weighted by Gasteiger charge is -2.07. The molecular weight excluding hydrogens is 263 g/mol. The van der Waals surface area contributed by atoms with Gasteiger partial charge in [-0.1, -0.05) is 6.92 Å². The van der Waals surface area contributed by atoms with Crippen LogP contribution in [0.3, 0.4) is 0 Å². The molecule has 4 heteroatoms. The average molecular weight is 278 g/mol. The van der Waals surface area contributed by atoms with Gasteiger partial charge in [-0.05, 0) is 34.5 Å². The molecular formula is C10H14BrClN2. The van der Waals surface area contributed by atoms with Crippen LogP contribution in [0.15, 0.2) is 22.8 Å². The summed E-state index contributed by atoms with van der Waals surface area (Å²) < 4.78 is 1.00. The Morgan fingerprint density at radius 3 is 2.93 bits per heavy atom. The van der Waals surface area contributed by atoms with Crippen LogP contribution >= 0.6 is 27.5 Å². The lowest BCUT2D eigenvalue weighted by atomic mass is 10.3. The van der Waals surface area contributed by atoms with Crippen molar-refractivity contribution in [2.24, 2.45) is 0 Å². The highest BCUT2D eigenvalue weighted by atomic mass is 79.9. The van der Waals surface area contributed by atoms with Crippen molar-refractivity contribution in [1.82, 2.24) is 10.3 Å². The number of nitrogens with zero attached hydrogens (tertiary/aromatic N) is 1. The Bertz CT molecular complexity index is 263. The molecule has 1 atom stereocenters. The molecule has 1 aromatic rings. The summed E-state index contributed by atoms with van der Waals surface area (Å²) in [5, 5.41) is 3.48. The van der Waals surface area contributed by atoms with E-state index in [1.165, 1.54) is 0 Å². The first-order valence-electron chi connectivity index (χ1n) is 4.67. The molecule has 0 aliphatic rings. The Kier molecular flexibility index (Phi) is 5.45. The van der Waals surface area contributed by atoms with Gasteiger partial charge >= 0.3 is 0 Å². The molecule has 0 saturated heterocycles. The summed E-state index contributed by atoms with van der Waals surface area (Å²) in [6.07, 6.45) is 2.79. The SMILES string of the molecule is CCC(Cl)CNCc1ccc(Br)cn1. The molecule has 1 heterocycles. The zero-order valence-corrected chi connectivity index (χ0v) is 10.5. The topological polar surface area (TPSA) is 24.9 Å². The molecule has 0 bridgehead atoms. The molecule has 0 spiro atoms. The zero-order chi connectivity index (χ0) is 10.4. The average Bonchev–Trinajstić information content (AvgIpc) is 2.21. The first-order chi connectivity index (χ1) is 6.72. The molecule has 1 N–H and O–H groups in total. The number of pyridine rings is 1. The van der Waals surface area contributed by atoms with Gasteiger partial charge < -0.3 is 5.32 Å². The second-order valence-corrected chi connectivity index (χ2v) is 4.64. The Morgan fingerprint density at radius 2 is 2.36 bits per heavy atom. The molecule has 0 aromatic carbocycles. The lowest BCUT2D eigenvalue weighted by molar-refractivity contribution is 0.639. The molecule has 0 saturated carbocycles. The number of alkyl halides is 1. The van der Waals surface area contributed by atoms with Crippen LogP contribution in [-0.4, -0.2) is 16.9 Å². The maximum Gasteiger partial charge on any atom is 0.0542 e. The first kappa shape index (κ1) is 12.0. The van der Waals surface area contributed by atoms with E-state index in [1.807, 2.05) is 12.1 Å². The van der Waals surface area contributed by atoms with Crippen molar-refractivity contribution in [3.8, 4) is 0 Å². The van der Waals surface area contributed by atoms with Gasteiger partial charge in [0.2, 0.25) is 0 Å². The molecule has 0 amide bonds. The summed E-state index contributed by atoms with van der Waals surface area (Å²) in [6.45, 7) is 3.68. The molecule has 14 heavy (non-hydrogen) atoms. The smallest absolute Gasteiger partial charge is 0.0542 e. The molecule has 1 aromatic heterocycles. The molecule has 0 fully saturated rings. The molecule has 2 nitrogen and oxygen atoms in total. The highest BCUT2D eigenvalue weighted by Gasteiger charge is 2.00. The van der Waals surface area contributed by atoms with Gasteiger partial charge in [0.1, 0.15) is 0 Å². The highest BCUT2D eigenvalue weighted by molar-refractivity contribution is 9.10. The van der Waals surface area contributed by atoms with E-state index in [0.29, 0.717) is 0 Å². The third kappa shape index (κ3) is 4.40. The predicted molar refractivity (Wildman–Crippen MR) is 63.6 cm³/mol. The monoisotopic (exact) mass is 276 g/mol. The van der Waals surface area contributed by atoms with Crippen molar-refractivity contribution >= 4 is 27.5 Å². The highest BCUT2D eigenvalue weighted by Crippen LogP contribution is 2.07. The van der Waals surface area contributed by atoms with Crippen LogP contribution in [0.25, 0.3) is 0 Å². The quantitative estimate of drug-likeness (QED) is 0.837. The first-order valence-corrected chi connectivity index (χ1v) is 5.90. The van der Waals surface area contributed by atoms with E-state index in [2.05, 4.69) is 33.2 Å². The third-order valence-electron chi connectivity index (χ3n) is 1.90. The minimum absolute atomic E-state index is 0.213. The van der Waals surface area contributed by atoms with Crippen LogP contribution in [0.1, 0.15) is 19.0 Å². The number of nitrogens with one attached hydrogen (secondary N) is 1. The van der Waals surface area contributed by atoms with E-state index in [-0.39, 0.29) is 5.38 Å². The van der Waals surface area contributed by atoms with Crippen LogP contribution < -0.4 is 5.32 Å². The summed E-state index contributed by atoms with van der Waals surface area (Å²) in [7, 11) is 0. The largest absolute Gasteiger partial charge is 0.310 e. The number of halogens is 2. The predicted octanol–water partition coefficient (Wildman–Crippen LogP) is 2.95. The summed E-state index contributed by atoms with van der Waals surface area (Å²) in [5.74, 6) is 0.